The second-order valence-corrected chi connectivity index (χ2v) is 10.3. The van der Waals surface area contributed by atoms with E-state index in [2.05, 4.69) is 11.0 Å². The first-order chi connectivity index (χ1) is 15.1. The van der Waals surface area contributed by atoms with Gasteiger partial charge in [0.15, 0.2) is 0 Å². The number of carboxylic acids is 1. The Morgan fingerprint density at radius 2 is 1.94 bits per heavy atom. The number of piperidine rings is 1. The molecule has 159 valence electrons. The molecular weight excluding hydrogens is 481 g/mol. The Kier molecular flexibility index (Phi) is 5.63. The molecule has 0 bridgehead atoms. The molecule has 3 heterocycles. The first-order valence-corrected chi connectivity index (χ1v) is 12.7. The van der Waals surface area contributed by atoms with Gasteiger partial charge in [-0.05, 0) is 0 Å². The predicted octanol–water partition coefficient (Wildman–Crippen LogP) is 2.84. The van der Waals surface area contributed by atoms with Gasteiger partial charge in [-0.2, -0.15) is 0 Å². The Bertz CT molecular complexity index is 1150. The van der Waals surface area contributed by atoms with Crippen LogP contribution in [0.2, 0.25) is 5.02 Å². The number of carbonyl (C=O) groups is 1. The van der Waals surface area contributed by atoms with Crippen molar-refractivity contribution < 1.29 is 19.4 Å². The van der Waals surface area contributed by atoms with E-state index in [1.807, 2.05) is 30.3 Å². The van der Waals surface area contributed by atoms with Gasteiger partial charge in [0.1, 0.15) is 0 Å². The molecule has 2 aromatic carbocycles. The van der Waals surface area contributed by atoms with Crippen molar-refractivity contribution in [1.82, 2.24) is 9.97 Å². The van der Waals surface area contributed by atoms with E-state index in [0.29, 0.717) is 36.9 Å². The van der Waals surface area contributed by atoms with Crippen LogP contribution in [-0.2, 0) is 10.0 Å². The van der Waals surface area contributed by atoms with Gasteiger partial charge in [-0.25, -0.2) is 0 Å². The third kappa shape index (κ3) is 4.30. The monoisotopic (exact) mass is 500 g/mol. The summed E-state index contributed by atoms with van der Waals surface area (Å²) >= 11 is 5.98. The van der Waals surface area contributed by atoms with Gasteiger partial charge in [0.05, 0.1) is 0 Å². The van der Waals surface area contributed by atoms with Crippen molar-refractivity contribution in [2.24, 2.45) is 5.92 Å². The van der Waals surface area contributed by atoms with Crippen LogP contribution in [0.5, 0.6) is 11.5 Å². The maximum atomic E-state index is 11.3. The van der Waals surface area contributed by atoms with E-state index in [1.54, 1.807) is 0 Å². The molecule has 0 atom stereocenters. The van der Waals surface area contributed by atoms with Gasteiger partial charge < -0.3 is 0 Å². The Morgan fingerprint density at radius 1 is 1.13 bits per heavy atom. The third-order valence-electron chi connectivity index (χ3n) is 5.60. The predicted molar refractivity (Wildman–Crippen MR) is 119 cm³/mol. The number of ether oxygens (including phenoxy) is 2. The van der Waals surface area contributed by atoms with Gasteiger partial charge in [-0.3, -0.25) is 0 Å². The van der Waals surface area contributed by atoms with Gasteiger partial charge >= 0.3 is 191 Å². The molecule has 0 unspecified atom stereocenters. The Balaban J connectivity index is 1.42. The van der Waals surface area contributed by atoms with Crippen LogP contribution < -0.4 is 18.9 Å². The molecule has 2 aliphatic rings. The number of carboxylic acid groups (broad SMARTS) is 1. The Labute approximate surface area is 191 Å². The van der Waals surface area contributed by atoms with Gasteiger partial charge in [-0.15, -0.1) is 0 Å². The first kappa shape index (κ1) is 20.4. The molecule has 1 fully saturated rings. The topological polar surface area (TPSA) is 84.8 Å². The van der Waals surface area contributed by atoms with E-state index in [4.69, 9.17) is 31.0 Å². The summed E-state index contributed by atoms with van der Waals surface area (Å²) < 4.78 is 11.9. The Morgan fingerprint density at radius 3 is 2.74 bits per heavy atom. The van der Waals surface area contributed by atoms with Crippen molar-refractivity contribution in [3.63, 3.8) is 0 Å². The summed E-state index contributed by atoms with van der Waals surface area (Å²) in [5, 5.41) is 11.8. The number of halogens is 1. The van der Waals surface area contributed by atoms with Gasteiger partial charge in [0, 0.05) is 0 Å². The number of hydrogen-bond donors (Lipinski definition) is 1. The molecule has 0 amide bonds. The SMILES string of the molecule is O=C(O)C1CCN(c2nc([As]Cc3ccc4c(c3)OCO4)c3cc(Cl)ccc3n2)CC1. The quantitative estimate of drug-likeness (QED) is 0.539. The number of aromatic nitrogens is 2. The normalized spacial score (nSPS) is 16.5. The second-order valence-electron chi connectivity index (χ2n) is 7.61. The third-order valence-corrected chi connectivity index (χ3v) is 8.28. The van der Waals surface area contributed by atoms with Gasteiger partial charge in [0.25, 0.3) is 0 Å². The van der Waals surface area contributed by atoms with Crippen LogP contribution in [0.4, 0.5) is 5.95 Å². The fourth-order valence-electron chi connectivity index (χ4n) is 3.87. The second kappa shape index (κ2) is 8.56. The van der Waals surface area contributed by atoms with E-state index >= 15 is 0 Å². The van der Waals surface area contributed by atoms with Crippen LogP contribution in [0.1, 0.15) is 18.4 Å². The van der Waals surface area contributed by atoms with Crippen LogP contribution in [0.15, 0.2) is 36.4 Å². The minimum atomic E-state index is -0.719. The molecule has 0 aliphatic carbocycles. The Hall–Kier alpha value is -2.50. The molecule has 7 nitrogen and oxygen atoms in total. The fraction of sp³-hybridized carbons (Fsp3) is 0.318. The zero-order valence-electron chi connectivity index (χ0n) is 16.6. The van der Waals surface area contributed by atoms with E-state index in [9.17, 15) is 9.90 Å². The van der Waals surface area contributed by atoms with E-state index in [0.717, 1.165) is 32.1 Å². The molecule has 9 heteroatoms. The zero-order chi connectivity index (χ0) is 21.4. The van der Waals surface area contributed by atoms with Crippen LogP contribution in [0.25, 0.3) is 10.9 Å². The average Bonchev–Trinajstić information content (AvgIpc) is 3.25. The van der Waals surface area contributed by atoms with E-state index < -0.39 is 5.97 Å². The first-order valence-electron chi connectivity index (χ1n) is 10.1. The van der Waals surface area contributed by atoms with Crippen molar-refractivity contribution >= 4 is 54.7 Å². The summed E-state index contributed by atoms with van der Waals surface area (Å²) in [6.45, 7) is 1.56. The molecule has 2 aliphatic heterocycles. The molecule has 3 aromatic rings. The molecule has 0 spiro atoms. The van der Waals surface area contributed by atoms with Crippen molar-refractivity contribution in [3.8, 4) is 11.5 Å². The van der Waals surface area contributed by atoms with Crippen molar-refractivity contribution in [2.45, 2.75) is 18.1 Å². The summed E-state index contributed by atoms with van der Waals surface area (Å²) in [5.41, 5.74) is 2.05. The van der Waals surface area contributed by atoms with Gasteiger partial charge in [-0.1, -0.05) is 0 Å². The number of nitrogens with zero attached hydrogens (tertiary/aromatic N) is 3. The van der Waals surface area contributed by atoms with Crippen molar-refractivity contribution in [1.29, 1.82) is 0 Å². The minimum absolute atomic E-state index is 0.267. The molecular formula is C22H20AsClN3O4. The van der Waals surface area contributed by atoms with Crippen LogP contribution in [0.3, 0.4) is 0 Å². The van der Waals surface area contributed by atoms with Crippen LogP contribution >= 0.6 is 11.6 Å². The molecule has 1 radical (unpaired) electrons. The molecule has 31 heavy (non-hydrogen) atoms. The summed E-state index contributed by atoms with van der Waals surface area (Å²) in [6, 6.07) is 11.8. The molecule has 5 rings (SSSR count). The number of fused-ring (bicyclic) bond motifs is 2. The van der Waals surface area contributed by atoms with E-state index in [-0.39, 0.29) is 28.5 Å². The van der Waals surface area contributed by atoms with Crippen molar-refractivity contribution in [3.05, 3.63) is 47.0 Å². The molecule has 1 aromatic heterocycles. The molecule has 1 saturated heterocycles. The number of aliphatic carboxylic acids is 1. The fourth-order valence-corrected chi connectivity index (χ4v) is 6.22. The van der Waals surface area contributed by atoms with Gasteiger partial charge in [0.2, 0.25) is 0 Å². The summed E-state index contributed by atoms with van der Waals surface area (Å²) in [4.78, 5) is 23.0. The summed E-state index contributed by atoms with van der Waals surface area (Å²) in [5.74, 6) is 1.24. The summed E-state index contributed by atoms with van der Waals surface area (Å²) in [7, 11) is 0. The maximum absolute atomic E-state index is 11.3. The van der Waals surface area contributed by atoms with Crippen molar-refractivity contribution in [2.75, 3.05) is 24.8 Å². The van der Waals surface area contributed by atoms with E-state index in [1.165, 1.54) is 5.56 Å². The zero-order valence-corrected chi connectivity index (χ0v) is 19.3. The van der Waals surface area contributed by atoms with Crippen LogP contribution in [-0.4, -0.2) is 56.7 Å². The number of anilines is 1. The standard InChI is InChI=1S/C22H20AsClN3O4/c24-15-2-3-17-16(10-15)20(23-11-13-1-4-18-19(9-13)31-12-30-18)26-22(25-17)27-7-5-14(6-8-27)21(28)29/h1-4,9-10,14H,5-8,11-12H2,(H,28,29). The number of benzene rings is 2. The molecule has 1 N–H and O–H groups in total. The summed E-state index contributed by atoms with van der Waals surface area (Å²) in [6.07, 6.45) is 1.22. The number of hydrogen-bond acceptors (Lipinski definition) is 6. The van der Waals surface area contributed by atoms with Crippen LogP contribution in [0, 0.1) is 5.92 Å². The molecule has 0 saturated carbocycles. The number of rotatable bonds is 5. The average molecular weight is 501 g/mol.